The molecule has 136 valence electrons. The summed E-state index contributed by atoms with van der Waals surface area (Å²) in [7, 11) is 0. The van der Waals surface area contributed by atoms with E-state index < -0.39 is 61.9 Å². The molecule has 0 aromatic carbocycles. The quantitative estimate of drug-likeness (QED) is 0.344. The number of halogens is 5. The van der Waals surface area contributed by atoms with E-state index in [0.29, 0.717) is 6.42 Å². The van der Waals surface area contributed by atoms with Crippen LogP contribution >= 0.6 is 0 Å². The third-order valence-corrected chi connectivity index (χ3v) is 3.23. The predicted molar refractivity (Wildman–Crippen MR) is 71.1 cm³/mol. The van der Waals surface area contributed by atoms with Crippen molar-refractivity contribution in [3.63, 3.8) is 0 Å². The molecule has 0 aliphatic heterocycles. The number of ether oxygens (including phenoxy) is 2. The summed E-state index contributed by atoms with van der Waals surface area (Å²) >= 11 is 0. The third kappa shape index (κ3) is 7.60. The molecule has 0 fully saturated rings. The zero-order chi connectivity index (χ0) is 18.3. The minimum absolute atomic E-state index is 0.467. The number of rotatable bonds is 10. The van der Waals surface area contributed by atoms with Gasteiger partial charge in [-0.05, 0) is 20.3 Å². The monoisotopic (exact) mass is 348 g/mol. The lowest BCUT2D eigenvalue weighted by Gasteiger charge is -2.22. The zero-order valence-electron chi connectivity index (χ0n) is 13.3. The van der Waals surface area contributed by atoms with Gasteiger partial charge >= 0.3 is 17.9 Å². The topological polar surface area (TPSA) is 52.6 Å². The van der Waals surface area contributed by atoms with Gasteiger partial charge in [0, 0.05) is 6.42 Å². The maximum Gasteiger partial charge on any atom is 0.377 e. The highest BCUT2D eigenvalue weighted by Crippen LogP contribution is 2.33. The number of carbonyl (C=O) groups is 2. The van der Waals surface area contributed by atoms with Gasteiger partial charge in [0.25, 0.3) is 5.92 Å². The van der Waals surface area contributed by atoms with Crippen LogP contribution in [-0.4, -0.2) is 43.7 Å². The maximum atomic E-state index is 13.3. The molecule has 23 heavy (non-hydrogen) atoms. The largest absolute Gasteiger partial charge is 0.462 e. The lowest BCUT2D eigenvalue weighted by molar-refractivity contribution is -0.187. The van der Waals surface area contributed by atoms with E-state index in [1.807, 2.05) is 0 Å². The van der Waals surface area contributed by atoms with Crippen molar-refractivity contribution in [3.05, 3.63) is 0 Å². The van der Waals surface area contributed by atoms with Crippen LogP contribution in [-0.2, 0) is 19.1 Å². The molecular formula is C14H21F5O4. The molecule has 4 nitrogen and oxygen atoms in total. The Morgan fingerprint density at radius 1 is 0.957 bits per heavy atom. The number of carbonyl (C=O) groups excluding carboxylic acids is 2. The fourth-order valence-corrected chi connectivity index (χ4v) is 1.34. The van der Waals surface area contributed by atoms with Crippen LogP contribution in [0.3, 0.4) is 0 Å². The van der Waals surface area contributed by atoms with Gasteiger partial charge in [-0.25, -0.2) is 13.6 Å². The minimum Gasteiger partial charge on any atom is -0.462 e. The average Bonchev–Trinajstić information content (AvgIpc) is 2.41. The normalized spacial score (nSPS) is 12.9. The second-order valence-electron chi connectivity index (χ2n) is 5.69. The first kappa shape index (κ1) is 21.6. The second kappa shape index (κ2) is 8.44. The summed E-state index contributed by atoms with van der Waals surface area (Å²) in [6.45, 7) is 2.34. The van der Waals surface area contributed by atoms with E-state index in [2.05, 4.69) is 4.74 Å². The van der Waals surface area contributed by atoms with Crippen molar-refractivity contribution >= 4 is 11.9 Å². The Hall–Kier alpha value is -1.41. The van der Waals surface area contributed by atoms with Crippen LogP contribution in [0, 0.1) is 5.41 Å². The molecule has 0 rings (SSSR count). The van der Waals surface area contributed by atoms with Crippen LogP contribution in [0.4, 0.5) is 22.0 Å². The number of alkyl halides is 5. The summed E-state index contributed by atoms with van der Waals surface area (Å²) in [4.78, 5) is 22.7. The van der Waals surface area contributed by atoms with E-state index in [1.165, 1.54) is 0 Å². The Morgan fingerprint density at radius 2 is 1.43 bits per heavy atom. The van der Waals surface area contributed by atoms with Crippen molar-refractivity contribution < 1.29 is 41.0 Å². The second-order valence-corrected chi connectivity index (χ2v) is 5.69. The fraction of sp³-hybridized carbons (Fsp3) is 0.857. The van der Waals surface area contributed by atoms with Crippen molar-refractivity contribution in [2.45, 2.75) is 51.9 Å². The summed E-state index contributed by atoms with van der Waals surface area (Å²) in [5.74, 6) is -11.2. The highest BCUT2D eigenvalue weighted by Gasteiger charge is 2.49. The molecule has 0 radical (unpaired) electrons. The molecule has 0 aliphatic rings. The summed E-state index contributed by atoms with van der Waals surface area (Å²) in [5.41, 5.74) is -0.775. The van der Waals surface area contributed by atoms with E-state index >= 15 is 0 Å². The predicted octanol–water partition coefficient (Wildman–Crippen LogP) is 3.53. The minimum atomic E-state index is -4.45. The van der Waals surface area contributed by atoms with Crippen molar-refractivity contribution in [2.75, 3.05) is 19.9 Å². The lowest BCUT2D eigenvalue weighted by atomic mass is 9.91. The average molecular weight is 348 g/mol. The lowest BCUT2D eigenvalue weighted by Crippen LogP contribution is -2.38. The Kier molecular flexibility index (Phi) is 7.93. The van der Waals surface area contributed by atoms with Gasteiger partial charge in [0.1, 0.15) is 13.2 Å². The van der Waals surface area contributed by atoms with E-state index in [9.17, 15) is 31.5 Å². The molecule has 0 saturated heterocycles. The number of hydrogen-bond donors (Lipinski definition) is 0. The van der Waals surface area contributed by atoms with Crippen LogP contribution in [0.1, 0.15) is 40.0 Å². The summed E-state index contributed by atoms with van der Waals surface area (Å²) in [6, 6.07) is 0. The fourth-order valence-electron chi connectivity index (χ4n) is 1.34. The molecule has 9 heteroatoms. The first-order valence-corrected chi connectivity index (χ1v) is 7.04. The molecule has 0 atom stereocenters. The zero-order valence-corrected chi connectivity index (χ0v) is 13.3. The SMILES string of the molecule is CCC(C)(C)C(=O)OCCOC(=O)C(F)(F)CC(F)(F)CCF. The molecule has 0 aliphatic carbocycles. The number of hydrogen-bond acceptors (Lipinski definition) is 4. The van der Waals surface area contributed by atoms with Gasteiger partial charge in [-0.3, -0.25) is 9.18 Å². The molecule has 0 spiro atoms. The summed E-state index contributed by atoms with van der Waals surface area (Å²) < 4.78 is 73.2. The molecule has 0 N–H and O–H groups in total. The Morgan fingerprint density at radius 3 is 1.87 bits per heavy atom. The van der Waals surface area contributed by atoms with Gasteiger partial charge in [0.2, 0.25) is 0 Å². The van der Waals surface area contributed by atoms with Gasteiger partial charge in [0.15, 0.2) is 0 Å². The number of esters is 2. The first-order valence-electron chi connectivity index (χ1n) is 7.04. The third-order valence-electron chi connectivity index (χ3n) is 3.23. The van der Waals surface area contributed by atoms with Gasteiger partial charge in [-0.15, -0.1) is 0 Å². The Bertz CT molecular complexity index is 410. The van der Waals surface area contributed by atoms with Crippen LogP contribution in [0.2, 0.25) is 0 Å². The maximum absolute atomic E-state index is 13.3. The molecule has 0 aromatic rings. The molecule has 0 unspecified atom stereocenters. The van der Waals surface area contributed by atoms with Crippen molar-refractivity contribution in [1.82, 2.24) is 0 Å². The van der Waals surface area contributed by atoms with E-state index in [1.54, 1.807) is 20.8 Å². The molecule has 0 saturated carbocycles. The van der Waals surface area contributed by atoms with Gasteiger partial charge < -0.3 is 9.47 Å². The summed E-state index contributed by atoms with van der Waals surface area (Å²) in [6.07, 6.45) is -3.06. The van der Waals surface area contributed by atoms with Gasteiger partial charge in [0.05, 0.1) is 18.5 Å². The van der Waals surface area contributed by atoms with Gasteiger partial charge in [-0.2, -0.15) is 8.78 Å². The van der Waals surface area contributed by atoms with Crippen molar-refractivity contribution in [2.24, 2.45) is 5.41 Å². The highest BCUT2D eigenvalue weighted by molar-refractivity contribution is 5.77. The van der Waals surface area contributed by atoms with Gasteiger partial charge in [-0.1, -0.05) is 6.92 Å². The van der Waals surface area contributed by atoms with E-state index in [-0.39, 0.29) is 0 Å². The molecular weight excluding hydrogens is 327 g/mol. The van der Waals surface area contributed by atoms with Crippen LogP contribution < -0.4 is 0 Å². The Balaban J connectivity index is 4.31. The summed E-state index contributed by atoms with van der Waals surface area (Å²) in [5, 5.41) is 0. The van der Waals surface area contributed by atoms with Crippen LogP contribution in [0.5, 0.6) is 0 Å². The van der Waals surface area contributed by atoms with Crippen molar-refractivity contribution in [3.8, 4) is 0 Å². The first-order chi connectivity index (χ1) is 10.4. The van der Waals surface area contributed by atoms with E-state index in [0.717, 1.165) is 0 Å². The Labute approximate surface area is 131 Å². The molecule has 0 bridgehead atoms. The van der Waals surface area contributed by atoms with Crippen LogP contribution in [0.15, 0.2) is 0 Å². The van der Waals surface area contributed by atoms with Crippen LogP contribution in [0.25, 0.3) is 0 Å². The standard InChI is InChI=1S/C14H21F5O4/c1-4-12(2,3)10(20)22-7-8-23-11(21)14(18,19)9-13(16,17)5-6-15/h4-9H2,1-3H3. The molecule has 0 aromatic heterocycles. The molecule has 0 amide bonds. The molecule has 0 heterocycles. The van der Waals surface area contributed by atoms with E-state index in [4.69, 9.17) is 4.74 Å². The van der Waals surface area contributed by atoms with Crippen molar-refractivity contribution in [1.29, 1.82) is 0 Å². The highest BCUT2D eigenvalue weighted by atomic mass is 19.3. The smallest absolute Gasteiger partial charge is 0.377 e.